The van der Waals surface area contributed by atoms with Crippen molar-refractivity contribution in [2.45, 2.75) is 38.6 Å². The maximum atomic E-state index is 12.7. The smallest absolute Gasteiger partial charge is 0.271 e. The molecule has 0 saturated heterocycles. The van der Waals surface area contributed by atoms with E-state index in [1.54, 1.807) is 16.7 Å². The monoisotopic (exact) mass is 452 g/mol. The summed E-state index contributed by atoms with van der Waals surface area (Å²) in [4.78, 5) is 22.7. The standard InChI is InChI=1S/C17H17BrN4O2S2/c1-8(2)13(16-21-14(22-24-16)9-3-4-9)20-15(23)11-7-26-17(19-11)12-5-10(18)6-25-12/h5-9,13H,3-4H2,1-2H3,(H,20,23). The van der Waals surface area contributed by atoms with E-state index in [-0.39, 0.29) is 17.9 Å². The van der Waals surface area contributed by atoms with Crippen molar-refractivity contribution in [3.63, 3.8) is 0 Å². The number of thiazole rings is 1. The summed E-state index contributed by atoms with van der Waals surface area (Å²) in [7, 11) is 0. The molecule has 136 valence electrons. The van der Waals surface area contributed by atoms with Crippen LogP contribution in [0.5, 0.6) is 0 Å². The first-order chi connectivity index (χ1) is 12.5. The SMILES string of the molecule is CC(C)C(NC(=O)c1csc(-c2cc(Br)cs2)n1)c1nc(C2CC2)no1. The lowest BCUT2D eigenvalue weighted by Gasteiger charge is -2.17. The van der Waals surface area contributed by atoms with Crippen molar-refractivity contribution in [1.82, 2.24) is 20.4 Å². The predicted octanol–water partition coefficient (Wildman–Crippen LogP) is 5.02. The van der Waals surface area contributed by atoms with Gasteiger partial charge in [-0.3, -0.25) is 4.79 Å². The highest BCUT2D eigenvalue weighted by molar-refractivity contribution is 9.10. The third-order valence-electron chi connectivity index (χ3n) is 4.13. The van der Waals surface area contributed by atoms with Gasteiger partial charge in [0.05, 0.1) is 4.88 Å². The number of aromatic nitrogens is 3. The van der Waals surface area contributed by atoms with E-state index in [9.17, 15) is 4.79 Å². The number of rotatable bonds is 6. The molecular weight excluding hydrogens is 436 g/mol. The van der Waals surface area contributed by atoms with Crippen LogP contribution in [-0.2, 0) is 0 Å². The first-order valence-corrected chi connectivity index (χ1v) is 10.9. The summed E-state index contributed by atoms with van der Waals surface area (Å²) < 4.78 is 6.42. The fraction of sp³-hybridized carbons (Fsp3) is 0.412. The second-order valence-electron chi connectivity index (χ2n) is 6.63. The highest BCUT2D eigenvalue weighted by atomic mass is 79.9. The Labute approximate surface area is 167 Å². The van der Waals surface area contributed by atoms with Crippen LogP contribution in [0.1, 0.15) is 60.9 Å². The Morgan fingerprint density at radius 3 is 2.77 bits per heavy atom. The van der Waals surface area contributed by atoms with Crippen molar-refractivity contribution < 1.29 is 9.32 Å². The van der Waals surface area contributed by atoms with Gasteiger partial charge in [0.1, 0.15) is 16.7 Å². The maximum absolute atomic E-state index is 12.7. The minimum atomic E-state index is -0.330. The average Bonchev–Trinajstić information content (AvgIpc) is 3.04. The van der Waals surface area contributed by atoms with E-state index in [1.807, 2.05) is 25.3 Å². The van der Waals surface area contributed by atoms with Crippen molar-refractivity contribution in [3.8, 4) is 9.88 Å². The van der Waals surface area contributed by atoms with Crippen molar-refractivity contribution >= 4 is 44.5 Å². The molecule has 1 N–H and O–H groups in total. The van der Waals surface area contributed by atoms with Gasteiger partial charge in [-0.25, -0.2) is 4.98 Å². The second-order valence-corrected chi connectivity index (χ2v) is 9.31. The Morgan fingerprint density at radius 1 is 1.31 bits per heavy atom. The number of amides is 1. The fourth-order valence-corrected chi connectivity index (χ4v) is 4.83. The van der Waals surface area contributed by atoms with Gasteiger partial charge in [0, 0.05) is 21.2 Å². The topological polar surface area (TPSA) is 80.9 Å². The van der Waals surface area contributed by atoms with Gasteiger partial charge in [-0.15, -0.1) is 22.7 Å². The molecule has 0 spiro atoms. The van der Waals surface area contributed by atoms with Crippen LogP contribution in [0.15, 0.2) is 25.8 Å². The molecule has 1 fully saturated rings. The molecule has 1 unspecified atom stereocenters. The summed E-state index contributed by atoms with van der Waals surface area (Å²) >= 11 is 6.49. The van der Waals surface area contributed by atoms with Gasteiger partial charge in [-0.05, 0) is 40.8 Å². The van der Waals surface area contributed by atoms with Crippen LogP contribution < -0.4 is 5.32 Å². The zero-order valence-electron chi connectivity index (χ0n) is 14.2. The Bertz CT molecular complexity index is 929. The zero-order valence-corrected chi connectivity index (χ0v) is 17.4. The summed E-state index contributed by atoms with van der Waals surface area (Å²) in [5.74, 6) is 1.53. The third-order valence-corrected chi connectivity index (χ3v) is 6.84. The molecule has 1 atom stereocenters. The zero-order chi connectivity index (χ0) is 18.3. The molecule has 1 aliphatic rings. The van der Waals surface area contributed by atoms with Crippen LogP contribution in [0.3, 0.4) is 0 Å². The number of thiophene rings is 1. The molecule has 0 aromatic carbocycles. The van der Waals surface area contributed by atoms with Crippen LogP contribution in [0, 0.1) is 5.92 Å². The lowest BCUT2D eigenvalue weighted by Crippen LogP contribution is -2.32. The minimum absolute atomic E-state index is 0.123. The number of carbonyl (C=O) groups is 1. The molecule has 1 saturated carbocycles. The Hall–Kier alpha value is -1.58. The molecule has 0 aliphatic heterocycles. The highest BCUT2D eigenvalue weighted by Crippen LogP contribution is 2.39. The molecule has 1 aliphatic carbocycles. The molecule has 3 aromatic rings. The number of nitrogens with one attached hydrogen (secondary N) is 1. The second kappa shape index (κ2) is 7.21. The summed E-state index contributed by atoms with van der Waals surface area (Å²) in [6, 6.07) is 1.67. The van der Waals surface area contributed by atoms with Gasteiger partial charge in [-0.1, -0.05) is 19.0 Å². The van der Waals surface area contributed by atoms with Gasteiger partial charge in [0.15, 0.2) is 5.82 Å². The van der Waals surface area contributed by atoms with Crippen LogP contribution in [0.4, 0.5) is 0 Å². The molecule has 0 bridgehead atoms. The van der Waals surface area contributed by atoms with Gasteiger partial charge >= 0.3 is 0 Å². The molecular formula is C17H17BrN4O2S2. The lowest BCUT2D eigenvalue weighted by atomic mass is 10.0. The normalized spacial score (nSPS) is 15.4. The first-order valence-electron chi connectivity index (χ1n) is 8.35. The highest BCUT2D eigenvalue weighted by Gasteiger charge is 2.32. The van der Waals surface area contributed by atoms with Crippen molar-refractivity contribution in [2.24, 2.45) is 5.92 Å². The van der Waals surface area contributed by atoms with E-state index >= 15 is 0 Å². The van der Waals surface area contributed by atoms with E-state index in [4.69, 9.17) is 4.52 Å². The number of nitrogens with zero attached hydrogens (tertiary/aromatic N) is 3. The Morgan fingerprint density at radius 2 is 2.12 bits per heavy atom. The number of hydrogen-bond acceptors (Lipinski definition) is 7. The summed E-state index contributed by atoms with van der Waals surface area (Å²) in [5.41, 5.74) is 0.405. The summed E-state index contributed by atoms with van der Waals surface area (Å²) in [6.45, 7) is 4.03. The quantitative estimate of drug-likeness (QED) is 0.567. The van der Waals surface area contributed by atoms with Gasteiger partial charge in [-0.2, -0.15) is 4.98 Å². The summed E-state index contributed by atoms with van der Waals surface area (Å²) in [5, 5.41) is 11.7. The minimum Gasteiger partial charge on any atom is -0.339 e. The van der Waals surface area contributed by atoms with E-state index < -0.39 is 0 Å². The molecule has 9 heteroatoms. The van der Waals surface area contributed by atoms with Crippen molar-refractivity contribution in [2.75, 3.05) is 0 Å². The molecule has 3 heterocycles. The van der Waals surface area contributed by atoms with Crippen LogP contribution in [-0.4, -0.2) is 21.0 Å². The summed E-state index contributed by atoms with van der Waals surface area (Å²) in [6.07, 6.45) is 2.22. The van der Waals surface area contributed by atoms with E-state index in [0.717, 1.165) is 33.0 Å². The maximum Gasteiger partial charge on any atom is 0.271 e. The molecule has 4 rings (SSSR count). The fourth-order valence-electron chi connectivity index (χ4n) is 2.53. The van der Waals surface area contributed by atoms with E-state index in [1.165, 1.54) is 11.3 Å². The van der Waals surface area contributed by atoms with Crippen molar-refractivity contribution in [1.29, 1.82) is 0 Å². The molecule has 3 aromatic heterocycles. The van der Waals surface area contributed by atoms with Gasteiger partial charge in [0.25, 0.3) is 5.91 Å². The Balaban J connectivity index is 1.50. The molecule has 6 nitrogen and oxygen atoms in total. The van der Waals surface area contributed by atoms with Crippen molar-refractivity contribution in [3.05, 3.63) is 38.7 Å². The number of hydrogen-bond donors (Lipinski definition) is 1. The van der Waals surface area contributed by atoms with Gasteiger partial charge < -0.3 is 9.84 Å². The number of carbonyl (C=O) groups excluding carboxylic acids is 1. The van der Waals surface area contributed by atoms with Crippen LogP contribution in [0.25, 0.3) is 9.88 Å². The average molecular weight is 453 g/mol. The Kier molecular flexibility index (Phi) is 4.94. The van der Waals surface area contributed by atoms with Crippen LogP contribution >= 0.6 is 38.6 Å². The third kappa shape index (κ3) is 3.74. The predicted molar refractivity (Wildman–Crippen MR) is 104 cm³/mol. The van der Waals surface area contributed by atoms with Crippen LogP contribution in [0.2, 0.25) is 0 Å². The first kappa shape index (κ1) is 17.8. The molecule has 0 radical (unpaired) electrons. The molecule has 26 heavy (non-hydrogen) atoms. The molecule has 1 amide bonds. The number of halogens is 1. The largest absolute Gasteiger partial charge is 0.339 e. The van der Waals surface area contributed by atoms with E-state index in [0.29, 0.717) is 17.5 Å². The van der Waals surface area contributed by atoms with E-state index in [2.05, 4.69) is 36.4 Å². The van der Waals surface area contributed by atoms with Gasteiger partial charge in [0.2, 0.25) is 5.89 Å². The lowest BCUT2D eigenvalue weighted by molar-refractivity contribution is 0.0909.